The van der Waals surface area contributed by atoms with Crippen molar-refractivity contribution in [1.82, 2.24) is 5.32 Å². The highest BCUT2D eigenvalue weighted by Crippen LogP contribution is 2.22. The minimum Gasteiger partial charge on any atom is -0.323 e. The lowest BCUT2D eigenvalue weighted by Gasteiger charge is -2.14. The number of rotatable bonds is 2. The molecule has 2 N–H and O–H groups in total. The third-order valence-electron chi connectivity index (χ3n) is 3.11. The van der Waals surface area contributed by atoms with E-state index in [0.29, 0.717) is 19.2 Å². The largest absolute Gasteiger partial charge is 0.323 e. The Morgan fingerprint density at radius 2 is 2.06 bits per heavy atom. The predicted octanol–water partition coefficient (Wildman–Crippen LogP) is 1.90. The second-order valence-electron chi connectivity index (χ2n) is 4.48. The van der Waals surface area contributed by atoms with E-state index in [1.165, 1.54) is 0 Å². The van der Waals surface area contributed by atoms with Crippen molar-refractivity contribution in [3.63, 3.8) is 0 Å². The molecule has 0 bridgehead atoms. The van der Waals surface area contributed by atoms with Gasteiger partial charge in [0, 0.05) is 18.7 Å². The van der Waals surface area contributed by atoms with Gasteiger partial charge in [0.1, 0.15) is 5.82 Å². The molecule has 1 fully saturated rings. The first kappa shape index (κ1) is 12.9. The molecule has 1 aromatic carbocycles. The summed E-state index contributed by atoms with van der Waals surface area (Å²) in [5.74, 6) is -4.15. The molecule has 0 saturated carbocycles. The Morgan fingerprint density at radius 3 is 2.67 bits per heavy atom. The lowest BCUT2D eigenvalue weighted by Crippen LogP contribution is -2.28. The number of nitrogens with one attached hydrogen (secondary N) is 2. The van der Waals surface area contributed by atoms with Crippen LogP contribution in [0.15, 0.2) is 12.1 Å². The Morgan fingerprint density at radius 1 is 1.33 bits per heavy atom. The van der Waals surface area contributed by atoms with Crippen LogP contribution in [-0.2, 0) is 4.79 Å². The lowest BCUT2D eigenvalue weighted by atomic mass is 9.97. The summed E-state index contributed by atoms with van der Waals surface area (Å²) in [4.78, 5) is 11.8. The highest BCUT2D eigenvalue weighted by Gasteiger charge is 2.30. The molecule has 6 heteroatoms. The van der Waals surface area contributed by atoms with Gasteiger partial charge in [-0.05, 0) is 12.5 Å². The van der Waals surface area contributed by atoms with E-state index >= 15 is 0 Å². The maximum Gasteiger partial charge on any atom is 0.229 e. The van der Waals surface area contributed by atoms with Crippen molar-refractivity contribution in [2.45, 2.75) is 6.92 Å². The van der Waals surface area contributed by atoms with Crippen molar-refractivity contribution in [1.29, 1.82) is 0 Å². The maximum atomic E-state index is 13.4. The number of hydrogen-bond donors (Lipinski definition) is 2. The number of benzene rings is 1. The summed E-state index contributed by atoms with van der Waals surface area (Å²) in [6.45, 7) is 3.05. The van der Waals surface area contributed by atoms with Crippen molar-refractivity contribution in [3.05, 3.63) is 29.6 Å². The van der Waals surface area contributed by atoms with E-state index in [1.54, 1.807) is 0 Å². The predicted molar refractivity (Wildman–Crippen MR) is 60.5 cm³/mol. The second-order valence-corrected chi connectivity index (χ2v) is 4.48. The van der Waals surface area contributed by atoms with Crippen LogP contribution < -0.4 is 10.6 Å². The van der Waals surface area contributed by atoms with Crippen LogP contribution in [0.4, 0.5) is 18.9 Å². The molecule has 0 spiro atoms. The molecule has 2 atom stereocenters. The van der Waals surface area contributed by atoms with Crippen molar-refractivity contribution in [3.8, 4) is 0 Å². The number of hydrogen-bond acceptors (Lipinski definition) is 2. The highest BCUT2D eigenvalue weighted by molar-refractivity contribution is 5.93. The average Bonchev–Trinajstić information content (AvgIpc) is 2.71. The maximum absolute atomic E-state index is 13.4. The van der Waals surface area contributed by atoms with Crippen LogP contribution in [-0.4, -0.2) is 19.0 Å². The standard InChI is InChI=1S/C12H13F3N2O/c1-6-4-16-5-8(6)12(18)17-10-3-7(13)2-9(14)11(10)15/h2-3,6,8,16H,4-5H2,1H3,(H,17,18). The van der Waals surface area contributed by atoms with Crippen molar-refractivity contribution in [2.75, 3.05) is 18.4 Å². The van der Waals surface area contributed by atoms with Crippen molar-refractivity contribution < 1.29 is 18.0 Å². The van der Waals surface area contributed by atoms with E-state index < -0.39 is 29.0 Å². The third kappa shape index (κ3) is 2.48. The van der Waals surface area contributed by atoms with Crippen molar-refractivity contribution >= 4 is 11.6 Å². The molecule has 1 heterocycles. The van der Waals surface area contributed by atoms with Gasteiger partial charge in [-0.1, -0.05) is 6.92 Å². The van der Waals surface area contributed by atoms with Gasteiger partial charge in [0.25, 0.3) is 0 Å². The fourth-order valence-electron chi connectivity index (χ4n) is 2.03. The third-order valence-corrected chi connectivity index (χ3v) is 3.11. The smallest absolute Gasteiger partial charge is 0.229 e. The van der Waals surface area contributed by atoms with E-state index in [2.05, 4.69) is 10.6 Å². The topological polar surface area (TPSA) is 41.1 Å². The van der Waals surface area contributed by atoms with Gasteiger partial charge in [-0.2, -0.15) is 0 Å². The molecule has 1 aliphatic heterocycles. The van der Waals surface area contributed by atoms with E-state index in [-0.39, 0.29) is 11.8 Å². The molecule has 0 aromatic heterocycles. The lowest BCUT2D eigenvalue weighted by molar-refractivity contribution is -0.120. The number of amides is 1. The molecular formula is C12H13F3N2O. The number of halogens is 3. The van der Waals surface area contributed by atoms with Gasteiger partial charge in [-0.3, -0.25) is 4.79 Å². The average molecular weight is 258 g/mol. The molecule has 2 unspecified atom stereocenters. The summed E-state index contributed by atoms with van der Waals surface area (Å²) in [6, 6.07) is 1.20. The normalized spacial score (nSPS) is 23.1. The zero-order valence-corrected chi connectivity index (χ0v) is 9.77. The van der Waals surface area contributed by atoms with Crippen LogP contribution in [0.25, 0.3) is 0 Å². The van der Waals surface area contributed by atoms with Gasteiger partial charge >= 0.3 is 0 Å². The zero-order valence-electron chi connectivity index (χ0n) is 9.77. The van der Waals surface area contributed by atoms with Crippen LogP contribution in [0, 0.1) is 29.3 Å². The van der Waals surface area contributed by atoms with Crippen LogP contribution in [0.1, 0.15) is 6.92 Å². The Labute approximate surface area is 102 Å². The first-order valence-corrected chi connectivity index (χ1v) is 5.65. The quantitative estimate of drug-likeness (QED) is 0.795. The SMILES string of the molecule is CC1CNCC1C(=O)Nc1cc(F)cc(F)c1F. The molecule has 2 rings (SSSR count). The number of anilines is 1. The number of carbonyl (C=O) groups excluding carboxylic acids is 1. The van der Waals surface area contributed by atoms with Gasteiger partial charge < -0.3 is 10.6 Å². The molecular weight excluding hydrogens is 245 g/mol. The zero-order chi connectivity index (χ0) is 13.3. The Balaban J connectivity index is 2.16. The minimum atomic E-state index is -1.32. The van der Waals surface area contributed by atoms with E-state index in [1.807, 2.05) is 6.92 Å². The fraction of sp³-hybridized carbons (Fsp3) is 0.417. The molecule has 1 aromatic rings. The molecule has 0 radical (unpaired) electrons. The summed E-state index contributed by atoms with van der Waals surface area (Å²) >= 11 is 0. The molecule has 3 nitrogen and oxygen atoms in total. The molecule has 98 valence electrons. The summed E-state index contributed by atoms with van der Waals surface area (Å²) in [5, 5.41) is 5.25. The summed E-state index contributed by atoms with van der Waals surface area (Å²) in [5.41, 5.74) is -0.461. The first-order valence-electron chi connectivity index (χ1n) is 5.65. The van der Waals surface area contributed by atoms with Gasteiger partial charge in [0.15, 0.2) is 11.6 Å². The van der Waals surface area contributed by atoms with Crippen molar-refractivity contribution in [2.24, 2.45) is 11.8 Å². The molecule has 18 heavy (non-hydrogen) atoms. The number of carbonyl (C=O) groups is 1. The second kappa shape index (κ2) is 4.97. The van der Waals surface area contributed by atoms with Crippen LogP contribution in [0.3, 0.4) is 0 Å². The van der Waals surface area contributed by atoms with Crippen LogP contribution >= 0.6 is 0 Å². The Hall–Kier alpha value is -1.56. The van der Waals surface area contributed by atoms with E-state index in [9.17, 15) is 18.0 Å². The van der Waals surface area contributed by atoms with E-state index in [4.69, 9.17) is 0 Å². The van der Waals surface area contributed by atoms with Gasteiger partial charge in [-0.25, -0.2) is 13.2 Å². The minimum absolute atomic E-state index is 0.103. The summed E-state index contributed by atoms with van der Waals surface area (Å²) < 4.78 is 39.3. The molecule has 1 amide bonds. The van der Waals surface area contributed by atoms with Gasteiger partial charge in [0.2, 0.25) is 5.91 Å². The Kier molecular flexibility index (Phi) is 3.56. The summed E-state index contributed by atoms with van der Waals surface area (Å²) in [7, 11) is 0. The molecule has 1 saturated heterocycles. The van der Waals surface area contributed by atoms with Crippen LogP contribution in [0.5, 0.6) is 0 Å². The molecule has 1 aliphatic rings. The fourth-order valence-corrected chi connectivity index (χ4v) is 2.03. The first-order chi connectivity index (χ1) is 8.49. The highest BCUT2D eigenvalue weighted by atomic mass is 19.2. The summed E-state index contributed by atoms with van der Waals surface area (Å²) in [6.07, 6.45) is 0. The van der Waals surface area contributed by atoms with E-state index in [0.717, 1.165) is 6.07 Å². The monoisotopic (exact) mass is 258 g/mol. The van der Waals surface area contributed by atoms with Gasteiger partial charge in [0.05, 0.1) is 11.6 Å². The van der Waals surface area contributed by atoms with Gasteiger partial charge in [-0.15, -0.1) is 0 Å². The van der Waals surface area contributed by atoms with Crippen LogP contribution in [0.2, 0.25) is 0 Å². The molecule has 0 aliphatic carbocycles. The Bertz CT molecular complexity index is 479.